The highest BCUT2D eigenvalue weighted by atomic mass is 79.9. The first-order chi connectivity index (χ1) is 8.90. The molecular weight excluding hydrogens is 378 g/mol. The number of hydrogen-bond donors (Lipinski definition) is 0. The first kappa shape index (κ1) is 14.2. The number of aryl methyl sites for hydroxylation is 1. The van der Waals surface area contributed by atoms with Crippen LogP contribution in [-0.2, 0) is 6.54 Å². The van der Waals surface area contributed by atoms with Crippen LogP contribution in [0.1, 0.15) is 16.8 Å². The zero-order valence-electron chi connectivity index (χ0n) is 10.4. The van der Waals surface area contributed by atoms with Crippen LogP contribution in [-0.4, -0.2) is 14.5 Å². The van der Waals surface area contributed by atoms with Gasteiger partial charge in [0.05, 0.1) is 17.2 Å². The number of benzene rings is 1. The number of nitro groups is 1. The molecule has 1 aromatic heterocycles. The van der Waals surface area contributed by atoms with E-state index in [0.717, 1.165) is 21.4 Å². The summed E-state index contributed by atoms with van der Waals surface area (Å²) in [6, 6.07) is 4.89. The molecule has 0 aliphatic rings. The third kappa shape index (κ3) is 2.87. The molecule has 0 fully saturated rings. The molecule has 0 N–H and O–H groups in total. The van der Waals surface area contributed by atoms with Crippen LogP contribution in [0.25, 0.3) is 0 Å². The van der Waals surface area contributed by atoms with Gasteiger partial charge in [0.1, 0.15) is 4.60 Å². The number of nitrogens with zero attached hydrogens (tertiary/aromatic N) is 3. The predicted molar refractivity (Wildman–Crippen MR) is 79.3 cm³/mol. The van der Waals surface area contributed by atoms with Crippen molar-refractivity contribution < 1.29 is 4.92 Å². The fraction of sp³-hybridized carbons (Fsp3) is 0.250. The molecule has 0 saturated carbocycles. The van der Waals surface area contributed by atoms with E-state index >= 15 is 0 Å². The average molecular weight is 389 g/mol. The van der Waals surface area contributed by atoms with Crippen LogP contribution in [0.3, 0.4) is 0 Å². The Labute approximate surface area is 127 Å². The number of nitro benzene ring substituents is 1. The van der Waals surface area contributed by atoms with E-state index < -0.39 is 0 Å². The van der Waals surface area contributed by atoms with Crippen LogP contribution in [0, 0.1) is 24.0 Å². The van der Waals surface area contributed by atoms with E-state index in [-0.39, 0.29) is 10.6 Å². The first-order valence-electron chi connectivity index (χ1n) is 5.52. The van der Waals surface area contributed by atoms with E-state index in [9.17, 15) is 10.1 Å². The number of halogens is 2. The van der Waals surface area contributed by atoms with Gasteiger partial charge < -0.3 is 4.57 Å². The minimum Gasteiger partial charge on any atom is -0.317 e. The second-order valence-corrected chi connectivity index (χ2v) is 5.67. The summed E-state index contributed by atoms with van der Waals surface area (Å²) in [5, 5.41) is 10.8. The van der Waals surface area contributed by atoms with Crippen molar-refractivity contribution in [2.45, 2.75) is 20.4 Å². The number of non-ortho nitro benzene ring substituents is 1. The van der Waals surface area contributed by atoms with Gasteiger partial charge in [0.2, 0.25) is 0 Å². The number of rotatable bonds is 3. The van der Waals surface area contributed by atoms with Crippen LogP contribution in [0.2, 0.25) is 0 Å². The number of hydrogen-bond acceptors (Lipinski definition) is 3. The molecule has 2 rings (SSSR count). The first-order valence-corrected chi connectivity index (χ1v) is 7.10. The molecule has 0 unspecified atom stereocenters. The van der Waals surface area contributed by atoms with E-state index in [2.05, 4.69) is 36.8 Å². The summed E-state index contributed by atoms with van der Waals surface area (Å²) >= 11 is 6.75. The van der Waals surface area contributed by atoms with E-state index in [1.54, 1.807) is 12.1 Å². The molecule has 0 atom stereocenters. The lowest BCUT2D eigenvalue weighted by molar-refractivity contribution is -0.384. The van der Waals surface area contributed by atoms with Crippen molar-refractivity contribution in [3.8, 4) is 0 Å². The van der Waals surface area contributed by atoms with Crippen molar-refractivity contribution in [1.82, 2.24) is 9.55 Å². The minimum absolute atomic E-state index is 0.105. The van der Waals surface area contributed by atoms with Crippen molar-refractivity contribution >= 4 is 37.5 Å². The molecule has 100 valence electrons. The third-order valence-corrected chi connectivity index (χ3v) is 4.35. The maximum atomic E-state index is 10.8. The lowest BCUT2D eigenvalue weighted by atomic mass is 10.1. The minimum atomic E-state index is -0.380. The van der Waals surface area contributed by atoms with Crippen molar-refractivity contribution in [2.75, 3.05) is 0 Å². The van der Waals surface area contributed by atoms with Crippen LogP contribution >= 0.6 is 31.9 Å². The molecule has 0 bridgehead atoms. The topological polar surface area (TPSA) is 61.0 Å². The van der Waals surface area contributed by atoms with Gasteiger partial charge >= 0.3 is 0 Å². The fourth-order valence-corrected chi connectivity index (χ4v) is 2.96. The molecular formula is C12H11Br2N3O2. The smallest absolute Gasteiger partial charge is 0.269 e. The summed E-state index contributed by atoms with van der Waals surface area (Å²) in [5.41, 5.74) is 3.00. The monoisotopic (exact) mass is 387 g/mol. The highest BCUT2D eigenvalue weighted by Crippen LogP contribution is 2.24. The third-order valence-electron chi connectivity index (χ3n) is 2.99. The summed E-state index contributed by atoms with van der Waals surface area (Å²) in [6.07, 6.45) is 0. The lowest BCUT2D eigenvalue weighted by Crippen LogP contribution is -2.04. The van der Waals surface area contributed by atoms with E-state index in [1.807, 2.05) is 18.4 Å². The van der Waals surface area contributed by atoms with Crippen LogP contribution in [0.15, 0.2) is 27.5 Å². The molecule has 1 aromatic carbocycles. The van der Waals surface area contributed by atoms with Crippen molar-refractivity contribution in [1.29, 1.82) is 0 Å². The number of aromatic nitrogens is 2. The van der Waals surface area contributed by atoms with Gasteiger partial charge in [-0.15, -0.1) is 0 Å². The highest BCUT2D eigenvalue weighted by molar-refractivity contribution is 9.11. The highest BCUT2D eigenvalue weighted by Gasteiger charge is 2.13. The Hall–Kier alpha value is -1.21. The Bertz CT molecular complexity index is 653. The standard InChI is InChI=1S/C12H11Br2N3O2/c1-7-3-4-10(17(18)19)5-9(7)6-16-8(2)11(13)15-12(16)14/h3-5H,6H2,1-2H3. The van der Waals surface area contributed by atoms with E-state index in [0.29, 0.717) is 11.3 Å². The zero-order valence-corrected chi connectivity index (χ0v) is 13.5. The van der Waals surface area contributed by atoms with Gasteiger partial charge in [0.25, 0.3) is 5.69 Å². The zero-order chi connectivity index (χ0) is 14.2. The van der Waals surface area contributed by atoms with Gasteiger partial charge in [-0.2, -0.15) is 0 Å². The summed E-state index contributed by atoms with van der Waals surface area (Å²) in [7, 11) is 0. The van der Waals surface area contributed by atoms with Crippen LogP contribution in [0.4, 0.5) is 5.69 Å². The molecule has 0 spiro atoms. The second-order valence-electron chi connectivity index (χ2n) is 4.21. The molecule has 0 radical (unpaired) electrons. The Kier molecular flexibility index (Phi) is 4.05. The average Bonchev–Trinajstić information content (AvgIpc) is 2.58. The molecule has 0 aliphatic heterocycles. The number of imidazole rings is 1. The van der Waals surface area contributed by atoms with Crippen LogP contribution in [0.5, 0.6) is 0 Å². The normalized spacial score (nSPS) is 10.7. The van der Waals surface area contributed by atoms with Crippen LogP contribution < -0.4 is 0 Å². The molecule has 0 aliphatic carbocycles. The second kappa shape index (κ2) is 5.42. The maximum absolute atomic E-state index is 10.8. The Morgan fingerprint density at radius 3 is 2.58 bits per heavy atom. The molecule has 19 heavy (non-hydrogen) atoms. The predicted octanol–water partition coefficient (Wildman–Crippen LogP) is 3.98. The van der Waals surface area contributed by atoms with E-state index in [1.165, 1.54) is 6.07 Å². The van der Waals surface area contributed by atoms with Gasteiger partial charge in [-0.3, -0.25) is 10.1 Å². The van der Waals surface area contributed by atoms with Gasteiger partial charge in [-0.1, -0.05) is 6.07 Å². The molecule has 0 amide bonds. The van der Waals surface area contributed by atoms with Crippen molar-refractivity contribution in [2.24, 2.45) is 0 Å². The Balaban J connectivity index is 2.43. The maximum Gasteiger partial charge on any atom is 0.269 e. The van der Waals surface area contributed by atoms with E-state index in [4.69, 9.17) is 0 Å². The van der Waals surface area contributed by atoms with Gasteiger partial charge in [-0.25, -0.2) is 4.98 Å². The molecule has 0 saturated heterocycles. The summed E-state index contributed by atoms with van der Waals surface area (Å²) in [4.78, 5) is 14.7. The lowest BCUT2D eigenvalue weighted by Gasteiger charge is -2.09. The summed E-state index contributed by atoms with van der Waals surface area (Å²) in [5.74, 6) is 0. The summed E-state index contributed by atoms with van der Waals surface area (Å²) < 4.78 is 3.42. The Morgan fingerprint density at radius 1 is 1.37 bits per heavy atom. The molecule has 2 aromatic rings. The van der Waals surface area contributed by atoms with Crippen molar-refractivity contribution in [3.05, 3.63) is 54.5 Å². The molecule has 7 heteroatoms. The fourth-order valence-electron chi connectivity index (χ4n) is 1.77. The largest absolute Gasteiger partial charge is 0.317 e. The molecule has 5 nitrogen and oxygen atoms in total. The van der Waals surface area contributed by atoms with Gasteiger partial charge in [-0.05, 0) is 56.8 Å². The van der Waals surface area contributed by atoms with Crippen molar-refractivity contribution in [3.63, 3.8) is 0 Å². The summed E-state index contributed by atoms with van der Waals surface area (Å²) in [6.45, 7) is 4.42. The SMILES string of the molecule is Cc1ccc([N+](=O)[O-])cc1Cn1c(Br)nc(Br)c1C. The Morgan fingerprint density at radius 2 is 2.05 bits per heavy atom. The van der Waals surface area contributed by atoms with Gasteiger partial charge in [0.15, 0.2) is 4.73 Å². The molecule has 1 heterocycles. The van der Waals surface area contributed by atoms with Gasteiger partial charge in [0, 0.05) is 12.1 Å². The quantitative estimate of drug-likeness (QED) is 0.590.